The summed E-state index contributed by atoms with van der Waals surface area (Å²) in [7, 11) is -3.73. The van der Waals surface area contributed by atoms with Crippen molar-refractivity contribution in [3.63, 3.8) is 0 Å². The Labute approximate surface area is 290 Å². The van der Waals surface area contributed by atoms with Crippen LogP contribution in [0, 0.1) is 5.92 Å². The average Bonchev–Trinajstić information content (AvgIpc) is 3.36. The molecule has 4 aliphatic rings. The zero-order valence-electron chi connectivity index (χ0n) is 27.7. The maximum absolute atomic E-state index is 12.7. The van der Waals surface area contributed by atoms with E-state index >= 15 is 0 Å². The van der Waals surface area contributed by atoms with Gasteiger partial charge in [0.25, 0.3) is 0 Å². The van der Waals surface area contributed by atoms with Crippen molar-refractivity contribution in [3.8, 4) is 0 Å². The first-order chi connectivity index (χ1) is 23.7. The summed E-state index contributed by atoms with van der Waals surface area (Å²) in [5.41, 5.74) is 30.0. The first-order valence-electron chi connectivity index (χ1n) is 16.8. The fourth-order valence-corrected chi connectivity index (χ4v) is 8.35. The third kappa shape index (κ3) is 9.83. The number of hydrogen-bond acceptors (Lipinski definition) is 21. The van der Waals surface area contributed by atoms with Crippen molar-refractivity contribution < 1.29 is 72.6 Å². The molecule has 3 aliphatic heterocycles. The van der Waals surface area contributed by atoms with Crippen LogP contribution in [0.15, 0.2) is 0 Å². The second-order valence-electron chi connectivity index (χ2n) is 13.3. The van der Waals surface area contributed by atoms with E-state index in [4.69, 9.17) is 62.2 Å². The quantitative estimate of drug-likeness (QED) is 0.0652. The van der Waals surface area contributed by atoms with Crippen LogP contribution in [0.25, 0.3) is 0 Å². The van der Waals surface area contributed by atoms with E-state index in [0.29, 0.717) is 0 Å². The molecule has 22 heteroatoms. The molecule has 50 heavy (non-hydrogen) atoms. The maximum atomic E-state index is 12.7. The highest BCUT2D eigenvalue weighted by molar-refractivity contribution is 7.91. The van der Waals surface area contributed by atoms with Crippen LogP contribution in [0.4, 0.5) is 0 Å². The van der Waals surface area contributed by atoms with Crippen LogP contribution in [0.5, 0.6) is 0 Å². The molecule has 1 aliphatic carbocycles. The Morgan fingerprint density at radius 2 is 1.36 bits per heavy atom. The summed E-state index contributed by atoms with van der Waals surface area (Å²) in [5, 5.41) is 76.2. The Bertz CT molecular complexity index is 1150. The van der Waals surface area contributed by atoms with E-state index in [1.165, 1.54) is 0 Å². The third-order valence-corrected chi connectivity index (χ3v) is 11.4. The predicted octanol–water partition coefficient (Wildman–Crippen LogP) is -8.58. The topological polar surface area (TPSA) is 373 Å². The van der Waals surface area contributed by atoms with Crippen molar-refractivity contribution in [2.45, 2.75) is 117 Å². The lowest BCUT2D eigenvalue weighted by Gasteiger charge is -2.47. The van der Waals surface area contributed by atoms with Crippen molar-refractivity contribution in [1.82, 2.24) is 5.32 Å². The van der Waals surface area contributed by atoms with Gasteiger partial charge < -0.3 is 98.2 Å². The molecular weight excluding hydrogens is 692 g/mol. The molecule has 18 atom stereocenters. The lowest BCUT2D eigenvalue weighted by Crippen LogP contribution is -2.64. The van der Waals surface area contributed by atoms with Crippen LogP contribution < -0.4 is 34.0 Å². The van der Waals surface area contributed by atoms with Gasteiger partial charge in [0.15, 0.2) is 28.7 Å². The van der Waals surface area contributed by atoms with Gasteiger partial charge in [0.1, 0.15) is 48.8 Å². The molecule has 0 amide bonds. The normalized spacial score (nSPS) is 45.9. The number of aliphatic hydroxyl groups excluding tert-OH is 7. The maximum Gasteiger partial charge on any atom is 0.187 e. The average molecular weight is 749 g/mol. The molecule has 18 N–H and O–H groups in total. The molecule has 0 aromatic carbocycles. The lowest BCUT2D eigenvalue weighted by molar-refractivity contribution is -0.298. The van der Waals surface area contributed by atoms with Gasteiger partial charge in [0.2, 0.25) is 0 Å². The first kappa shape index (κ1) is 41.9. The summed E-state index contributed by atoms with van der Waals surface area (Å²) in [5.74, 6) is -1.78. The molecule has 1 saturated carbocycles. The third-order valence-electron chi connectivity index (χ3n) is 9.60. The molecule has 0 unspecified atom stereocenters. The van der Waals surface area contributed by atoms with Gasteiger partial charge in [0.05, 0.1) is 55.1 Å². The predicted molar refractivity (Wildman–Crippen MR) is 171 cm³/mol. The van der Waals surface area contributed by atoms with E-state index in [2.05, 4.69) is 5.32 Å². The van der Waals surface area contributed by atoms with E-state index in [1.54, 1.807) is 0 Å². The van der Waals surface area contributed by atoms with E-state index in [1.807, 2.05) is 0 Å². The SMILES string of the molecule is NCCS(=O)(=O)C[C@@H]1C[C@H](N)[C@@H](O[C@H]2O[C@H](CNCCO)[C@@H](O)C[C@H]2N)[C@H](O[C@@H]2O[C@H](CO)[C@@H](O[C@H]3O[C@@H](CN)[C@@H](O)[C@H](O)[C@H]3N)[C@H]2O)[C@H]1O. The van der Waals surface area contributed by atoms with Crippen molar-refractivity contribution in [3.05, 3.63) is 0 Å². The molecule has 0 bridgehead atoms. The number of hydrogen-bond donors (Lipinski definition) is 13. The van der Waals surface area contributed by atoms with Crippen LogP contribution in [-0.4, -0.2) is 199 Å². The minimum Gasteiger partial charge on any atom is -0.395 e. The first-order valence-corrected chi connectivity index (χ1v) is 18.6. The van der Waals surface area contributed by atoms with Crippen LogP contribution in [0.1, 0.15) is 12.8 Å². The smallest absolute Gasteiger partial charge is 0.187 e. The van der Waals surface area contributed by atoms with E-state index in [0.717, 1.165) is 0 Å². The van der Waals surface area contributed by atoms with Crippen LogP contribution in [0.3, 0.4) is 0 Å². The minimum absolute atomic E-state index is 0.0337. The summed E-state index contributed by atoms with van der Waals surface area (Å²) >= 11 is 0. The highest BCUT2D eigenvalue weighted by Crippen LogP contribution is 2.36. The molecule has 0 spiro atoms. The van der Waals surface area contributed by atoms with Gasteiger partial charge in [-0.05, 0) is 12.8 Å². The van der Waals surface area contributed by atoms with Gasteiger partial charge in [0, 0.05) is 38.1 Å². The van der Waals surface area contributed by atoms with E-state index < -0.39 is 132 Å². The zero-order valence-corrected chi connectivity index (χ0v) is 28.5. The molecule has 0 aromatic heterocycles. The molecule has 4 rings (SSSR count). The fraction of sp³-hybridized carbons (Fsp3) is 1.00. The molecular formula is C28H56N6O15S. The van der Waals surface area contributed by atoms with Gasteiger partial charge in [-0.1, -0.05) is 0 Å². The van der Waals surface area contributed by atoms with Gasteiger partial charge >= 0.3 is 0 Å². The molecule has 0 aromatic rings. The summed E-state index contributed by atoms with van der Waals surface area (Å²) in [6.07, 6.45) is -18.4. The largest absolute Gasteiger partial charge is 0.395 e. The highest BCUT2D eigenvalue weighted by Gasteiger charge is 2.54. The Morgan fingerprint density at radius 3 is 2.00 bits per heavy atom. The van der Waals surface area contributed by atoms with Crippen molar-refractivity contribution in [1.29, 1.82) is 0 Å². The van der Waals surface area contributed by atoms with Gasteiger partial charge in [-0.3, -0.25) is 0 Å². The van der Waals surface area contributed by atoms with E-state index in [9.17, 15) is 39.1 Å². The second kappa shape index (κ2) is 18.5. The lowest BCUT2D eigenvalue weighted by atomic mass is 9.80. The standard InChI is InChI=1S/C28H56N6O15S/c29-1-4-50(42,43)10-11-5-12(31)23(47-26-13(32)6-14(37)16(45-26)8-34-2-3-35)25(19(11)38)49-28-22(41)24(17(9-36)46-28)48-27-18(33)21(40)20(39)15(7-30)44-27/h11-28,34-41H,1-10,29-33H2/t11-,12-,13+,14-,15-,16+,17+,18+,19-,20+,21+,22+,23+,24+,25+,26+,27+,28-/m0/s1. The number of aliphatic hydroxyl groups is 7. The Kier molecular flexibility index (Phi) is 15.5. The summed E-state index contributed by atoms with van der Waals surface area (Å²) in [6.45, 7) is -0.775. The second-order valence-corrected chi connectivity index (χ2v) is 15.6. The number of sulfone groups is 1. The van der Waals surface area contributed by atoms with Crippen molar-refractivity contribution in [2.24, 2.45) is 34.6 Å². The zero-order chi connectivity index (χ0) is 36.9. The molecule has 294 valence electrons. The van der Waals surface area contributed by atoms with Crippen molar-refractivity contribution in [2.75, 3.05) is 50.9 Å². The highest BCUT2D eigenvalue weighted by atomic mass is 32.2. The summed E-state index contributed by atoms with van der Waals surface area (Å²) in [6, 6.07) is -3.11. The summed E-state index contributed by atoms with van der Waals surface area (Å²) < 4.78 is 61.0. The Morgan fingerprint density at radius 1 is 0.720 bits per heavy atom. The molecule has 3 saturated heterocycles. The number of nitrogens with one attached hydrogen (secondary N) is 1. The van der Waals surface area contributed by atoms with Crippen LogP contribution in [-0.2, 0) is 38.3 Å². The number of rotatable bonds is 16. The van der Waals surface area contributed by atoms with Gasteiger partial charge in [-0.25, -0.2) is 8.42 Å². The van der Waals surface area contributed by atoms with E-state index in [-0.39, 0.29) is 51.4 Å². The summed E-state index contributed by atoms with van der Waals surface area (Å²) in [4.78, 5) is 0. The minimum atomic E-state index is -3.73. The van der Waals surface area contributed by atoms with Crippen molar-refractivity contribution >= 4 is 9.84 Å². The van der Waals surface area contributed by atoms with Crippen LogP contribution >= 0.6 is 0 Å². The number of nitrogens with two attached hydrogens (primary N) is 5. The molecule has 3 heterocycles. The molecule has 0 radical (unpaired) electrons. The Hall–Kier alpha value is -0.810. The number of ether oxygens (including phenoxy) is 6. The molecule has 4 fully saturated rings. The monoisotopic (exact) mass is 748 g/mol. The van der Waals surface area contributed by atoms with Gasteiger partial charge in [-0.2, -0.15) is 0 Å². The van der Waals surface area contributed by atoms with Gasteiger partial charge in [-0.15, -0.1) is 0 Å². The van der Waals surface area contributed by atoms with Crippen LogP contribution in [0.2, 0.25) is 0 Å². The Balaban J connectivity index is 1.56. The fourth-order valence-electron chi connectivity index (χ4n) is 6.83. The molecule has 21 nitrogen and oxygen atoms in total.